The van der Waals surface area contributed by atoms with Crippen LogP contribution in [0.4, 0.5) is 0 Å². The maximum atomic E-state index is 12.5. The van der Waals surface area contributed by atoms with Crippen LogP contribution < -0.4 is 0 Å². The number of hydrogen-bond donors (Lipinski definition) is 0. The number of fused-ring (bicyclic) bond motifs is 6. The Morgan fingerprint density at radius 3 is 2.50 bits per heavy atom. The minimum atomic E-state index is -0.274. The second-order valence-corrected chi connectivity index (χ2v) is 9.79. The van der Waals surface area contributed by atoms with Gasteiger partial charge in [0, 0.05) is 24.2 Å². The molecule has 1 aliphatic heterocycles. The van der Waals surface area contributed by atoms with Crippen LogP contribution in [0.3, 0.4) is 0 Å². The fourth-order valence-corrected chi connectivity index (χ4v) is 8.02. The number of ether oxygens (including phenoxy) is 2. The SMILES string of the molecule is CC12CCC3C(CCC4C5(CCCC34C)OCCO5)C1CCC2=O. The molecule has 6 atom stereocenters. The average Bonchev–Trinajstić information content (AvgIpc) is 3.13. The molecule has 6 unspecified atom stereocenters. The van der Waals surface area contributed by atoms with Gasteiger partial charge < -0.3 is 9.47 Å². The molecule has 1 saturated heterocycles. The van der Waals surface area contributed by atoms with Crippen molar-refractivity contribution < 1.29 is 14.3 Å². The molecule has 0 amide bonds. The highest BCUT2D eigenvalue weighted by molar-refractivity contribution is 5.87. The van der Waals surface area contributed by atoms with Gasteiger partial charge in [0.1, 0.15) is 5.78 Å². The number of hydrogen-bond acceptors (Lipinski definition) is 3. The Labute approximate surface area is 145 Å². The molecule has 0 aromatic heterocycles. The lowest BCUT2D eigenvalue weighted by molar-refractivity contribution is -0.272. The van der Waals surface area contributed by atoms with Gasteiger partial charge in [-0.1, -0.05) is 13.8 Å². The van der Waals surface area contributed by atoms with E-state index in [1.165, 1.54) is 32.1 Å². The number of Topliss-reactive ketones (excluding diaryl/α,β-unsaturated/α-hetero) is 1. The normalized spacial score (nSPS) is 52.8. The first-order valence-electron chi connectivity index (χ1n) is 10.3. The van der Waals surface area contributed by atoms with Crippen molar-refractivity contribution >= 4 is 5.78 Å². The third-order valence-corrected chi connectivity index (χ3v) is 9.13. The zero-order chi connectivity index (χ0) is 16.6. The highest BCUT2D eigenvalue weighted by Crippen LogP contribution is 2.67. The molecular formula is C21H32O3. The molecule has 5 rings (SSSR count). The van der Waals surface area contributed by atoms with Crippen LogP contribution in [-0.4, -0.2) is 24.8 Å². The van der Waals surface area contributed by atoms with E-state index in [1.807, 2.05) is 0 Å². The molecule has 0 aromatic rings. The van der Waals surface area contributed by atoms with E-state index in [4.69, 9.17) is 9.47 Å². The van der Waals surface area contributed by atoms with E-state index in [2.05, 4.69) is 13.8 Å². The topological polar surface area (TPSA) is 35.5 Å². The van der Waals surface area contributed by atoms with Crippen molar-refractivity contribution in [2.75, 3.05) is 13.2 Å². The van der Waals surface area contributed by atoms with E-state index in [-0.39, 0.29) is 11.2 Å². The lowest BCUT2D eigenvalue weighted by atomic mass is 9.44. The van der Waals surface area contributed by atoms with E-state index in [0.29, 0.717) is 23.0 Å². The molecule has 1 spiro atoms. The van der Waals surface area contributed by atoms with E-state index in [9.17, 15) is 4.79 Å². The third kappa shape index (κ3) is 1.84. The molecule has 4 saturated carbocycles. The minimum Gasteiger partial charge on any atom is -0.347 e. The summed E-state index contributed by atoms with van der Waals surface area (Å²) in [6, 6.07) is 0. The third-order valence-electron chi connectivity index (χ3n) is 9.13. The summed E-state index contributed by atoms with van der Waals surface area (Å²) in [7, 11) is 0. The van der Waals surface area contributed by atoms with Crippen LogP contribution in [0, 0.1) is 34.5 Å². The number of ketones is 1. The van der Waals surface area contributed by atoms with Crippen molar-refractivity contribution in [3.63, 3.8) is 0 Å². The van der Waals surface area contributed by atoms with Gasteiger partial charge in [-0.2, -0.15) is 0 Å². The van der Waals surface area contributed by atoms with Crippen LogP contribution in [0.1, 0.15) is 71.6 Å². The summed E-state index contributed by atoms with van der Waals surface area (Å²) in [5.74, 6) is 3.01. The van der Waals surface area contributed by atoms with Gasteiger partial charge in [-0.3, -0.25) is 4.79 Å². The van der Waals surface area contributed by atoms with Gasteiger partial charge in [0.15, 0.2) is 5.79 Å². The Hall–Kier alpha value is -0.410. The molecule has 5 aliphatic rings. The molecule has 0 aromatic carbocycles. The van der Waals surface area contributed by atoms with Crippen molar-refractivity contribution in [3.8, 4) is 0 Å². The lowest BCUT2D eigenvalue weighted by Gasteiger charge is -2.62. The summed E-state index contributed by atoms with van der Waals surface area (Å²) in [4.78, 5) is 12.5. The van der Waals surface area contributed by atoms with Crippen LogP contribution in [-0.2, 0) is 14.3 Å². The first kappa shape index (κ1) is 15.8. The van der Waals surface area contributed by atoms with Crippen LogP contribution in [0.15, 0.2) is 0 Å². The summed E-state index contributed by atoms with van der Waals surface area (Å²) in [6.07, 6.45) is 10.5. The quantitative estimate of drug-likeness (QED) is 0.662. The second-order valence-electron chi connectivity index (χ2n) is 9.79. The molecule has 0 N–H and O–H groups in total. The highest BCUT2D eigenvalue weighted by atomic mass is 16.7. The fourth-order valence-electron chi connectivity index (χ4n) is 8.02. The van der Waals surface area contributed by atoms with Gasteiger partial charge in [-0.05, 0) is 68.1 Å². The van der Waals surface area contributed by atoms with Gasteiger partial charge in [0.2, 0.25) is 0 Å². The minimum absolute atomic E-state index is 0.00290. The van der Waals surface area contributed by atoms with E-state index >= 15 is 0 Å². The van der Waals surface area contributed by atoms with Crippen molar-refractivity contribution in [3.05, 3.63) is 0 Å². The fraction of sp³-hybridized carbons (Fsp3) is 0.952. The first-order valence-corrected chi connectivity index (χ1v) is 10.3. The van der Waals surface area contributed by atoms with Crippen LogP contribution in [0.5, 0.6) is 0 Å². The molecule has 0 radical (unpaired) electrons. The number of rotatable bonds is 0. The predicted octanol–water partition coefficient (Wildman–Crippen LogP) is 4.34. The van der Waals surface area contributed by atoms with Crippen LogP contribution >= 0.6 is 0 Å². The molecule has 3 heteroatoms. The largest absolute Gasteiger partial charge is 0.347 e. The lowest BCUT2D eigenvalue weighted by Crippen LogP contribution is -2.60. The Kier molecular flexibility index (Phi) is 3.34. The molecule has 1 heterocycles. The summed E-state index contributed by atoms with van der Waals surface area (Å²) in [5.41, 5.74) is 0.343. The molecule has 24 heavy (non-hydrogen) atoms. The van der Waals surface area contributed by atoms with Crippen LogP contribution in [0.2, 0.25) is 0 Å². The predicted molar refractivity (Wildman–Crippen MR) is 91.4 cm³/mol. The summed E-state index contributed by atoms with van der Waals surface area (Å²) >= 11 is 0. The molecule has 3 nitrogen and oxygen atoms in total. The van der Waals surface area contributed by atoms with Gasteiger partial charge in [-0.15, -0.1) is 0 Å². The van der Waals surface area contributed by atoms with E-state index in [1.54, 1.807) is 0 Å². The van der Waals surface area contributed by atoms with Crippen molar-refractivity contribution in [1.29, 1.82) is 0 Å². The zero-order valence-corrected chi connectivity index (χ0v) is 15.3. The van der Waals surface area contributed by atoms with Gasteiger partial charge in [-0.25, -0.2) is 0 Å². The highest BCUT2D eigenvalue weighted by Gasteiger charge is 2.64. The van der Waals surface area contributed by atoms with E-state index < -0.39 is 0 Å². The maximum absolute atomic E-state index is 12.5. The Morgan fingerprint density at radius 1 is 0.917 bits per heavy atom. The standard InChI is InChI=1S/C21H32O3/c1-19-9-3-10-21(23-12-13-24-21)17(19)6-4-14-15-5-7-18(22)20(15,2)11-8-16(14)19/h14-17H,3-13H2,1-2H3. The van der Waals surface area contributed by atoms with Gasteiger partial charge in [0.25, 0.3) is 0 Å². The summed E-state index contributed by atoms with van der Waals surface area (Å²) in [6.45, 7) is 6.37. The van der Waals surface area contributed by atoms with E-state index in [0.717, 1.165) is 50.7 Å². The second kappa shape index (κ2) is 5.07. The van der Waals surface area contributed by atoms with Crippen molar-refractivity contribution in [1.82, 2.24) is 0 Å². The smallest absolute Gasteiger partial charge is 0.171 e. The Balaban J connectivity index is 1.49. The maximum Gasteiger partial charge on any atom is 0.171 e. The number of carbonyl (C=O) groups excluding carboxylic acids is 1. The van der Waals surface area contributed by atoms with Crippen LogP contribution in [0.25, 0.3) is 0 Å². The zero-order valence-electron chi connectivity index (χ0n) is 15.3. The monoisotopic (exact) mass is 332 g/mol. The average molecular weight is 332 g/mol. The first-order chi connectivity index (χ1) is 11.5. The number of carbonyl (C=O) groups is 1. The molecule has 0 bridgehead atoms. The van der Waals surface area contributed by atoms with Crippen molar-refractivity contribution in [2.45, 2.75) is 77.4 Å². The molecular weight excluding hydrogens is 300 g/mol. The molecule has 134 valence electrons. The van der Waals surface area contributed by atoms with Gasteiger partial charge in [0.05, 0.1) is 13.2 Å². The summed E-state index contributed by atoms with van der Waals surface area (Å²) in [5, 5.41) is 0. The Bertz CT molecular complexity index is 551. The summed E-state index contributed by atoms with van der Waals surface area (Å²) < 4.78 is 12.5. The molecule has 5 fully saturated rings. The molecule has 4 aliphatic carbocycles. The Morgan fingerprint density at radius 2 is 1.71 bits per heavy atom. The van der Waals surface area contributed by atoms with Crippen molar-refractivity contribution in [2.24, 2.45) is 34.5 Å². The van der Waals surface area contributed by atoms with Gasteiger partial charge >= 0.3 is 0 Å².